The molecule has 0 aliphatic carbocycles. The number of carbonyl (C=O) groups excluding carboxylic acids is 1. The predicted molar refractivity (Wildman–Crippen MR) is 71.7 cm³/mol. The van der Waals surface area contributed by atoms with Crippen LogP contribution in [0.2, 0.25) is 10.0 Å². The number of hydrogen-bond acceptors (Lipinski definition) is 2. The molecule has 0 aliphatic rings. The summed E-state index contributed by atoms with van der Waals surface area (Å²) >= 11 is 11.7. The molecule has 0 atom stereocenters. The Bertz CT molecular complexity index is 419. The van der Waals surface area contributed by atoms with Gasteiger partial charge in [0.2, 0.25) is 5.91 Å². The van der Waals surface area contributed by atoms with Crippen LogP contribution in [0.1, 0.15) is 31.7 Å². The van der Waals surface area contributed by atoms with Gasteiger partial charge >= 0.3 is 0 Å². The zero-order valence-corrected chi connectivity index (χ0v) is 11.1. The first kappa shape index (κ1) is 14.0. The number of hydrazone groups is 1. The average Bonchev–Trinajstić information content (AvgIpc) is 2.29. The number of carbonyl (C=O) groups is 1. The Balaban J connectivity index is 2.50. The summed E-state index contributed by atoms with van der Waals surface area (Å²) in [5.41, 5.74) is 3.16. The van der Waals surface area contributed by atoms with E-state index in [-0.39, 0.29) is 5.91 Å². The summed E-state index contributed by atoms with van der Waals surface area (Å²) in [6, 6.07) is 5.09. The number of rotatable bonds is 5. The number of amides is 1. The Labute approximate surface area is 111 Å². The molecule has 1 N–H and O–H groups in total. The third-order valence-corrected chi connectivity index (χ3v) is 2.68. The molecule has 0 radical (unpaired) electrons. The van der Waals surface area contributed by atoms with Crippen molar-refractivity contribution in [3.8, 4) is 0 Å². The highest BCUT2D eigenvalue weighted by Gasteiger charge is 1.99. The zero-order valence-electron chi connectivity index (χ0n) is 9.54. The van der Waals surface area contributed by atoms with E-state index in [9.17, 15) is 4.79 Å². The standard InChI is InChI=1S/C12H14Cl2N2O/c1-2-3-4-12(17)16-15-8-9-5-6-10(13)7-11(9)14/h5-8H,2-4H2,1H3,(H,16,17)/b15-8+. The van der Waals surface area contributed by atoms with Gasteiger partial charge in [-0.3, -0.25) is 4.79 Å². The summed E-state index contributed by atoms with van der Waals surface area (Å²) in [7, 11) is 0. The first-order valence-corrected chi connectivity index (χ1v) is 6.16. The van der Waals surface area contributed by atoms with Gasteiger partial charge in [-0.1, -0.05) is 42.6 Å². The Morgan fingerprint density at radius 1 is 1.47 bits per heavy atom. The van der Waals surface area contributed by atoms with Crippen molar-refractivity contribution in [1.29, 1.82) is 0 Å². The smallest absolute Gasteiger partial charge is 0.240 e. The van der Waals surface area contributed by atoms with E-state index in [4.69, 9.17) is 23.2 Å². The molecule has 1 amide bonds. The highest BCUT2D eigenvalue weighted by molar-refractivity contribution is 6.36. The van der Waals surface area contributed by atoms with Crippen LogP contribution in [0.25, 0.3) is 0 Å². The average molecular weight is 273 g/mol. The maximum atomic E-state index is 11.3. The second-order valence-corrected chi connectivity index (χ2v) is 4.41. The van der Waals surface area contributed by atoms with Crippen LogP contribution < -0.4 is 5.43 Å². The molecule has 0 saturated carbocycles. The number of halogens is 2. The van der Waals surface area contributed by atoms with Crippen LogP contribution in [0.15, 0.2) is 23.3 Å². The first-order valence-electron chi connectivity index (χ1n) is 5.40. The van der Waals surface area contributed by atoms with Gasteiger partial charge in [-0.2, -0.15) is 5.10 Å². The van der Waals surface area contributed by atoms with Crippen molar-refractivity contribution in [1.82, 2.24) is 5.43 Å². The lowest BCUT2D eigenvalue weighted by molar-refractivity contribution is -0.121. The van der Waals surface area contributed by atoms with Crippen molar-refractivity contribution in [3.63, 3.8) is 0 Å². The van der Waals surface area contributed by atoms with E-state index in [2.05, 4.69) is 10.5 Å². The van der Waals surface area contributed by atoms with Crippen molar-refractivity contribution in [2.24, 2.45) is 5.10 Å². The van der Waals surface area contributed by atoms with E-state index >= 15 is 0 Å². The number of nitrogens with one attached hydrogen (secondary N) is 1. The molecule has 1 aromatic rings. The molecule has 1 aromatic carbocycles. The molecule has 92 valence electrons. The summed E-state index contributed by atoms with van der Waals surface area (Å²) in [6.45, 7) is 2.03. The second kappa shape index (κ2) is 7.30. The van der Waals surface area contributed by atoms with Crippen LogP contribution in [-0.2, 0) is 4.79 Å². The third-order valence-electron chi connectivity index (χ3n) is 2.11. The minimum atomic E-state index is -0.0896. The van der Waals surface area contributed by atoms with Crippen LogP contribution in [0.5, 0.6) is 0 Å². The van der Waals surface area contributed by atoms with E-state index < -0.39 is 0 Å². The molecule has 0 bridgehead atoms. The molecule has 1 rings (SSSR count). The molecule has 17 heavy (non-hydrogen) atoms. The lowest BCUT2D eigenvalue weighted by Gasteiger charge is -1.99. The Morgan fingerprint density at radius 2 is 2.24 bits per heavy atom. The zero-order chi connectivity index (χ0) is 12.7. The number of hydrogen-bond donors (Lipinski definition) is 1. The quantitative estimate of drug-likeness (QED) is 0.646. The van der Waals surface area contributed by atoms with E-state index in [0.29, 0.717) is 22.0 Å². The second-order valence-electron chi connectivity index (χ2n) is 3.56. The van der Waals surface area contributed by atoms with Gasteiger partial charge in [-0.25, -0.2) is 5.43 Å². The van der Waals surface area contributed by atoms with Crippen LogP contribution in [-0.4, -0.2) is 12.1 Å². The van der Waals surface area contributed by atoms with Crippen LogP contribution >= 0.6 is 23.2 Å². The highest BCUT2D eigenvalue weighted by atomic mass is 35.5. The largest absolute Gasteiger partial charge is 0.273 e. The fourth-order valence-electron chi connectivity index (χ4n) is 1.17. The van der Waals surface area contributed by atoms with Crippen molar-refractivity contribution in [2.75, 3.05) is 0 Å². The predicted octanol–water partition coefficient (Wildman–Crippen LogP) is 3.63. The molecule has 5 heteroatoms. The minimum absolute atomic E-state index is 0.0896. The van der Waals surface area contributed by atoms with E-state index in [1.165, 1.54) is 6.21 Å². The normalized spacial score (nSPS) is 10.8. The van der Waals surface area contributed by atoms with Gasteiger partial charge in [0.05, 0.1) is 11.2 Å². The van der Waals surface area contributed by atoms with Gasteiger partial charge in [0.1, 0.15) is 0 Å². The number of benzene rings is 1. The van der Waals surface area contributed by atoms with Crippen LogP contribution in [0, 0.1) is 0 Å². The van der Waals surface area contributed by atoms with Crippen LogP contribution in [0.4, 0.5) is 0 Å². The molecule has 0 aromatic heterocycles. The molecule has 0 fully saturated rings. The van der Waals surface area contributed by atoms with Crippen molar-refractivity contribution >= 4 is 35.3 Å². The summed E-state index contributed by atoms with van der Waals surface area (Å²) in [4.78, 5) is 11.3. The van der Waals surface area contributed by atoms with Crippen LogP contribution in [0.3, 0.4) is 0 Å². The molecule has 0 aliphatic heterocycles. The summed E-state index contributed by atoms with van der Waals surface area (Å²) < 4.78 is 0. The van der Waals surface area contributed by atoms with Gasteiger partial charge in [0, 0.05) is 17.0 Å². The number of unbranched alkanes of at least 4 members (excludes halogenated alkanes) is 1. The lowest BCUT2D eigenvalue weighted by Crippen LogP contribution is -2.16. The molecular weight excluding hydrogens is 259 g/mol. The summed E-state index contributed by atoms with van der Waals surface area (Å²) in [5, 5.41) is 4.91. The fourth-order valence-corrected chi connectivity index (χ4v) is 1.63. The summed E-state index contributed by atoms with van der Waals surface area (Å²) in [6.07, 6.45) is 3.84. The maximum Gasteiger partial charge on any atom is 0.240 e. The van der Waals surface area contributed by atoms with Crippen molar-refractivity contribution < 1.29 is 4.79 Å². The molecule has 3 nitrogen and oxygen atoms in total. The SMILES string of the molecule is CCCCC(=O)N/N=C/c1ccc(Cl)cc1Cl. The third kappa shape index (κ3) is 5.20. The van der Waals surface area contributed by atoms with E-state index in [0.717, 1.165) is 12.8 Å². The highest BCUT2D eigenvalue weighted by Crippen LogP contribution is 2.19. The molecule has 0 spiro atoms. The molecule has 0 unspecified atom stereocenters. The topological polar surface area (TPSA) is 41.5 Å². The van der Waals surface area contributed by atoms with Crippen molar-refractivity contribution in [3.05, 3.63) is 33.8 Å². The minimum Gasteiger partial charge on any atom is -0.273 e. The Kier molecular flexibility index (Phi) is 6.01. The van der Waals surface area contributed by atoms with E-state index in [1.54, 1.807) is 18.2 Å². The van der Waals surface area contributed by atoms with E-state index in [1.807, 2.05) is 6.92 Å². The van der Waals surface area contributed by atoms with Crippen molar-refractivity contribution in [2.45, 2.75) is 26.2 Å². The van der Waals surface area contributed by atoms with Gasteiger partial charge in [0.25, 0.3) is 0 Å². The maximum absolute atomic E-state index is 11.3. The number of nitrogens with zero attached hydrogens (tertiary/aromatic N) is 1. The first-order chi connectivity index (χ1) is 8.13. The van der Waals surface area contributed by atoms with Gasteiger partial charge < -0.3 is 0 Å². The Morgan fingerprint density at radius 3 is 2.88 bits per heavy atom. The monoisotopic (exact) mass is 272 g/mol. The molecule has 0 saturated heterocycles. The Hall–Kier alpha value is -1.06. The van der Waals surface area contributed by atoms with Gasteiger partial charge in [-0.05, 0) is 18.6 Å². The molecular formula is C12H14Cl2N2O. The molecule has 0 heterocycles. The van der Waals surface area contributed by atoms with Gasteiger partial charge in [0.15, 0.2) is 0 Å². The van der Waals surface area contributed by atoms with Gasteiger partial charge in [-0.15, -0.1) is 0 Å². The fraction of sp³-hybridized carbons (Fsp3) is 0.333. The summed E-state index contributed by atoms with van der Waals surface area (Å²) in [5.74, 6) is -0.0896. The lowest BCUT2D eigenvalue weighted by atomic mass is 10.2.